The van der Waals surface area contributed by atoms with Gasteiger partial charge < -0.3 is 16.2 Å². The Morgan fingerprint density at radius 1 is 1.28 bits per heavy atom. The van der Waals surface area contributed by atoms with Gasteiger partial charge in [0.25, 0.3) is 0 Å². The summed E-state index contributed by atoms with van der Waals surface area (Å²) in [6.07, 6.45) is 4.63. The van der Waals surface area contributed by atoms with E-state index >= 15 is 0 Å². The number of rotatable bonds is 5. The van der Waals surface area contributed by atoms with E-state index in [0.29, 0.717) is 23.3 Å². The van der Waals surface area contributed by atoms with Crippen molar-refractivity contribution in [3.63, 3.8) is 0 Å². The van der Waals surface area contributed by atoms with Crippen LogP contribution >= 0.6 is 0 Å². The monoisotopic (exact) mass is 339 g/mol. The second-order valence-electron chi connectivity index (χ2n) is 7.00. The summed E-state index contributed by atoms with van der Waals surface area (Å²) < 4.78 is 6.00. The van der Waals surface area contributed by atoms with Crippen molar-refractivity contribution in [1.29, 1.82) is 0 Å². The second kappa shape index (κ2) is 7.23. The molecule has 0 aliphatic heterocycles. The van der Waals surface area contributed by atoms with Gasteiger partial charge in [-0.15, -0.1) is 0 Å². The van der Waals surface area contributed by atoms with Crippen molar-refractivity contribution in [3.05, 3.63) is 53.2 Å². The molecule has 132 valence electrons. The fourth-order valence-electron chi connectivity index (χ4n) is 3.51. The number of fused-ring (bicyclic) bond motifs is 1. The van der Waals surface area contributed by atoms with Crippen LogP contribution in [0.15, 0.2) is 36.5 Å². The van der Waals surface area contributed by atoms with E-state index in [9.17, 15) is 4.79 Å². The standard InChI is InChI=1S/C20H25N3O2/c1-12(2)19(21)16-7-3-6-15-14(16)5-4-8-17(15)25-18-10-9-13(11-23-18)20(22)24/h4-5,8-12,16,19H,3,6-7,21H2,1-2H3,(H2,22,24). The van der Waals surface area contributed by atoms with Gasteiger partial charge in [0.15, 0.2) is 0 Å². The number of hydrogen-bond donors (Lipinski definition) is 2. The van der Waals surface area contributed by atoms with Crippen LogP contribution in [0, 0.1) is 5.92 Å². The highest BCUT2D eigenvalue weighted by Crippen LogP contribution is 2.40. The molecule has 2 atom stereocenters. The van der Waals surface area contributed by atoms with Crippen LogP contribution in [0.4, 0.5) is 0 Å². The van der Waals surface area contributed by atoms with Gasteiger partial charge in [-0.05, 0) is 54.4 Å². The zero-order valence-electron chi connectivity index (χ0n) is 14.7. The van der Waals surface area contributed by atoms with Crippen molar-refractivity contribution in [2.24, 2.45) is 17.4 Å². The Morgan fingerprint density at radius 2 is 2.08 bits per heavy atom. The minimum Gasteiger partial charge on any atom is -0.439 e. The number of aromatic nitrogens is 1. The quantitative estimate of drug-likeness (QED) is 0.873. The van der Waals surface area contributed by atoms with Crippen molar-refractivity contribution in [2.45, 2.75) is 45.1 Å². The van der Waals surface area contributed by atoms with Gasteiger partial charge in [0.2, 0.25) is 11.8 Å². The molecule has 1 aliphatic rings. The molecule has 0 radical (unpaired) electrons. The first-order valence-corrected chi connectivity index (χ1v) is 8.78. The van der Waals surface area contributed by atoms with Gasteiger partial charge in [-0.25, -0.2) is 4.98 Å². The van der Waals surface area contributed by atoms with E-state index in [1.54, 1.807) is 12.1 Å². The molecule has 0 saturated carbocycles. The maximum absolute atomic E-state index is 11.1. The molecule has 4 N–H and O–H groups in total. The zero-order chi connectivity index (χ0) is 18.0. The second-order valence-corrected chi connectivity index (χ2v) is 7.00. The minimum atomic E-state index is -0.498. The Morgan fingerprint density at radius 3 is 2.72 bits per heavy atom. The topological polar surface area (TPSA) is 91.2 Å². The lowest BCUT2D eigenvalue weighted by Gasteiger charge is -2.33. The number of carbonyl (C=O) groups is 1. The summed E-state index contributed by atoms with van der Waals surface area (Å²) in [6, 6.07) is 9.57. The highest BCUT2D eigenvalue weighted by molar-refractivity contribution is 5.92. The number of primary amides is 1. The van der Waals surface area contributed by atoms with E-state index in [4.69, 9.17) is 16.2 Å². The number of benzene rings is 1. The van der Waals surface area contributed by atoms with Gasteiger partial charge in [-0.2, -0.15) is 0 Å². The third-order valence-electron chi connectivity index (χ3n) is 4.98. The van der Waals surface area contributed by atoms with Gasteiger partial charge in [-0.3, -0.25) is 4.79 Å². The number of hydrogen-bond acceptors (Lipinski definition) is 4. The SMILES string of the molecule is CC(C)C(N)C1CCCc2c(Oc3ccc(C(N)=O)cn3)cccc21. The third-order valence-corrected chi connectivity index (χ3v) is 4.98. The molecule has 1 aromatic heterocycles. The Balaban J connectivity index is 1.88. The van der Waals surface area contributed by atoms with Crippen LogP contribution in [0.2, 0.25) is 0 Å². The Kier molecular flexibility index (Phi) is 5.04. The number of nitrogens with two attached hydrogens (primary N) is 2. The maximum Gasteiger partial charge on any atom is 0.250 e. The van der Waals surface area contributed by atoms with E-state index in [1.807, 2.05) is 12.1 Å². The maximum atomic E-state index is 11.1. The molecule has 5 nitrogen and oxygen atoms in total. The number of nitrogens with zero attached hydrogens (tertiary/aromatic N) is 1. The molecule has 2 unspecified atom stereocenters. The molecule has 0 saturated heterocycles. The van der Waals surface area contributed by atoms with Crippen LogP contribution in [0.5, 0.6) is 11.6 Å². The number of amides is 1. The predicted molar refractivity (Wildman–Crippen MR) is 97.8 cm³/mol. The largest absolute Gasteiger partial charge is 0.439 e. The van der Waals surface area contributed by atoms with Crippen LogP contribution in [-0.2, 0) is 6.42 Å². The number of carbonyl (C=O) groups excluding carboxylic acids is 1. The van der Waals surface area contributed by atoms with Crippen LogP contribution in [0.1, 0.15) is 54.1 Å². The van der Waals surface area contributed by atoms with E-state index in [1.165, 1.54) is 17.3 Å². The lowest BCUT2D eigenvalue weighted by atomic mass is 9.76. The molecule has 1 aliphatic carbocycles. The summed E-state index contributed by atoms with van der Waals surface area (Å²) in [5, 5.41) is 0. The molecular weight excluding hydrogens is 314 g/mol. The van der Waals surface area contributed by atoms with Gasteiger partial charge in [0.1, 0.15) is 5.75 Å². The molecule has 3 rings (SSSR count). The summed E-state index contributed by atoms with van der Waals surface area (Å²) in [6.45, 7) is 4.34. The first-order valence-electron chi connectivity index (χ1n) is 8.78. The van der Waals surface area contributed by atoms with Crippen LogP contribution in [-0.4, -0.2) is 16.9 Å². The lowest BCUT2D eigenvalue weighted by Crippen LogP contribution is -2.35. The van der Waals surface area contributed by atoms with Crippen molar-refractivity contribution < 1.29 is 9.53 Å². The van der Waals surface area contributed by atoms with E-state index in [0.717, 1.165) is 25.0 Å². The molecule has 1 heterocycles. The van der Waals surface area contributed by atoms with Crippen LogP contribution in [0.3, 0.4) is 0 Å². The highest BCUT2D eigenvalue weighted by Gasteiger charge is 2.29. The molecule has 0 fully saturated rings. The normalized spacial score (nSPS) is 17.8. The highest BCUT2D eigenvalue weighted by atomic mass is 16.5. The van der Waals surface area contributed by atoms with Crippen molar-refractivity contribution in [3.8, 4) is 11.6 Å². The molecule has 25 heavy (non-hydrogen) atoms. The Labute approximate surface area is 148 Å². The number of ether oxygens (including phenoxy) is 1. The van der Waals surface area contributed by atoms with E-state index in [-0.39, 0.29) is 6.04 Å². The third kappa shape index (κ3) is 3.66. The van der Waals surface area contributed by atoms with Crippen molar-refractivity contribution in [1.82, 2.24) is 4.98 Å². The minimum absolute atomic E-state index is 0.141. The number of pyridine rings is 1. The molecule has 5 heteroatoms. The van der Waals surface area contributed by atoms with E-state index in [2.05, 4.69) is 24.9 Å². The molecule has 0 bridgehead atoms. The fraction of sp³-hybridized carbons (Fsp3) is 0.400. The van der Waals surface area contributed by atoms with Crippen molar-refractivity contribution in [2.75, 3.05) is 0 Å². The van der Waals surface area contributed by atoms with E-state index < -0.39 is 5.91 Å². The molecule has 1 amide bonds. The molecule has 1 aromatic carbocycles. The predicted octanol–water partition coefficient (Wildman–Crippen LogP) is 3.38. The smallest absolute Gasteiger partial charge is 0.250 e. The summed E-state index contributed by atoms with van der Waals surface area (Å²) in [5.41, 5.74) is 14.6. The van der Waals surface area contributed by atoms with Crippen LogP contribution < -0.4 is 16.2 Å². The average molecular weight is 339 g/mol. The summed E-state index contributed by atoms with van der Waals surface area (Å²) in [5.74, 6) is 1.56. The first-order chi connectivity index (χ1) is 12.0. The lowest BCUT2D eigenvalue weighted by molar-refractivity contribution is 0.1000. The molecule has 0 spiro atoms. The molecular formula is C20H25N3O2. The summed E-state index contributed by atoms with van der Waals surface area (Å²) in [4.78, 5) is 15.3. The Hall–Kier alpha value is -2.40. The van der Waals surface area contributed by atoms with Gasteiger partial charge in [-0.1, -0.05) is 26.0 Å². The fourth-order valence-corrected chi connectivity index (χ4v) is 3.51. The van der Waals surface area contributed by atoms with Gasteiger partial charge in [0.05, 0.1) is 5.56 Å². The summed E-state index contributed by atoms with van der Waals surface area (Å²) in [7, 11) is 0. The summed E-state index contributed by atoms with van der Waals surface area (Å²) >= 11 is 0. The van der Waals surface area contributed by atoms with Crippen LogP contribution in [0.25, 0.3) is 0 Å². The van der Waals surface area contributed by atoms with Gasteiger partial charge in [0, 0.05) is 18.3 Å². The average Bonchev–Trinajstić information content (AvgIpc) is 2.61. The molecule has 2 aromatic rings. The zero-order valence-corrected chi connectivity index (χ0v) is 14.7. The Bertz CT molecular complexity index is 756. The van der Waals surface area contributed by atoms with Gasteiger partial charge >= 0.3 is 0 Å². The first kappa shape index (κ1) is 17.4. The van der Waals surface area contributed by atoms with Crippen molar-refractivity contribution >= 4 is 5.91 Å².